The molecule has 0 saturated carbocycles. The number of amides is 1. The van der Waals surface area contributed by atoms with Gasteiger partial charge < -0.3 is 15.5 Å². The molecule has 2 aliphatic rings. The number of thioether (sulfide) groups is 1. The van der Waals surface area contributed by atoms with Gasteiger partial charge in [0.1, 0.15) is 0 Å². The number of hydrogen-bond acceptors (Lipinski definition) is 3. The average Bonchev–Trinajstić information content (AvgIpc) is 3.22. The zero-order valence-electron chi connectivity index (χ0n) is 15.7. The third-order valence-corrected chi connectivity index (χ3v) is 6.45. The number of hydrogen-bond donors (Lipinski definition) is 2. The van der Waals surface area contributed by atoms with Crippen LogP contribution >= 0.6 is 11.8 Å². The maximum atomic E-state index is 12.5. The third kappa shape index (κ3) is 5.40. The number of nitrogens with one attached hydrogen (secondary N) is 2. The normalized spacial score (nSPS) is 20.9. The quantitative estimate of drug-likeness (QED) is 0.615. The number of benzene rings is 1. The summed E-state index contributed by atoms with van der Waals surface area (Å²) in [6, 6.07) is 7.95. The Labute approximate surface area is 161 Å². The Bertz CT molecular complexity index is 605. The number of likely N-dealkylation sites (tertiary alicyclic amines) is 1. The maximum Gasteiger partial charge on any atom is 0.253 e. The van der Waals surface area contributed by atoms with Crippen LogP contribution in [0.4, 0.5) is 0 Å². The average molecular weight is 375 g/mol. The van der Waals surface area contributed by atoms with E-state index < -0.39 is 0 Å². The van der Waals surface area contributed by atoms with Crippen molar-refractivity contribution in [2.24, 2.45) is 4.99 Å². The lowest BCUT2D eigenvalue weighted by Crippen LogP contribution is -2.39. The van der Waals surface area contributed by atoms with Crippen LogP contribution in [0.25, 0.3) is 0 Å². The highest BCUT2D eigenvalue weighted by atomic mass is 32.2. The van der Waals surface area contributed by atoms with Crippen LogP contribution in [0.1, 0.15) is 48.0 Å². The largest absolute Gasteiger partial charge is 0.355 e. The molecule has 26 heavy (non-hydrogen) atoms. The van der Waals surface area contributed by atoms with Crippen LogP contribution in [0.3, 0.4) is 0 Å². The first kappa shape index (κ1) is 19.1. The Morgan fingerprint density at radius 3 is 2.58 bits per heavy atom. The Hall–Kier alpha value is -1.69. The topological polar surface area (TPSA) is 56.7 Å². The van der Waals surface area contributed by atoms with Gasteiger partial charge in [0, 0.05) is 44.0 Å². The van der Waals surface area contributed by atoms with Gasteiger partial charge in [-0.25, -0.2) is 0 Å². The molecular weight excluding hydrogens is 344 g/mol. The van der Waals surface area contributed by atoms with Crippen LogP contribution in [-0.2, 0) is 6.54 Å². The van der Waals surface area contributed by atoms with Crippen molar-refractivity contribution in [3.8, 4) is 0 Å². The van der Waals surface area contributed by atoms with Gasteiger partial charge in [0.25, 0.3) is 5.91 Å². The molecule has 0 aromatic heterocycles. The van der Waals surface area contributed by atoms with Crippen LogP contribution in [0, 0.1) is 0 Å². The summed E-state index contributed by atoms with van der Waals surface area (Å²) in [7, 11) is 1.80. The minimum atomic E-state index is 0.163. The van der Waals surface area contributed by atoms with E-state index >= 15 is 0 Å². The van der Waals surface area contributed by atoms with Crippen molar-refractivity contribution in [1.29, 1.82) is 0 Å². The highest BCUT2D eigenvalue weighted by Crippen LogP contribution is 2.25. The van der Waals surface area contributed by atoms with Crippen molar-refractivity contribution < 1.29 is 4.79 Å². The standard InChI is InChI=1S/C20H30N4OS/c1-21-20(23-15-18-6-5-13-26-18)22-14-16-7-9-17(10-8-16)19(25)24-11-3-2-4-12-24/h7-10,18H,2-6,11-15H2,1H3,(H2,21,22,23). The predicted octanol–water partition coefficient (Wildman–Crippen LogP) is 2.87. The number of rotatable bonds is 5. The summed E-state index contributed by atoms with van der Waals surface area (Å²) in [6.07, 6.45) is 6.11. The van der Waals surface area contributed by atoms with Crippen LogP contribution in [0.15, 0.2) is 29.3 Å². The predicted molar refractivity (Wildman–Crippen MR) is 110 cm³/mol. The molecule has 0 bridgehead atoms. The molecule has 2 aliphatic heterocycles. The molecule has 0 spiro atoms. The van der Waals surface area contributed by atoms with E-state index in [0.29, 0.717) is 11.8 Å². The summed E-state index contributed by atoms with van der Waals surface area (Å²) in [5.41, 5.74) is 1.94. The number of guanidine groups is 1. The van der Waals surface area contributed by atoms with E-state index in [2.05, 4.69) is 15.6 Å². The smallest absolute Gasteiger partial charge is 0.253 e. The third-order valence-electron chi connectivity index (χ3n) is 5.05. The van der Waals surface area contributed by atoms with Gasteiger partial charge in [-0.3, -0.25) is 9.79 Å². The highest BCUT2D eigenvalue weighted by Gasteiger charge is 2.18. The lowest BCUT2D eigenvalue weighted by atomic mass is 10.1. The molecule has 1 aromatic carbocycles. The lowest BCUT2D eigenvalue weighted by Gasteiger charge is -2.26. The maximum absolute atomic E-state index is 12.5. The van der Waals surface area contributed by atoms with Crippen molar-refractivity contribution in [1.82, 2.24) is 15.5 Å². The zero-order valence-corrected chi connectivity index (χ0v) is 16.5. The molecule has 2 saturated heterocycles. The number of nitrogens with zero attached hydrogens (tertiary/aromatic N) is 2. The number of carbonyl (C=O) groups excluding carboxylic acids is 1. The van der Waals surface area contributed by atoms with Crippen molar-refractivity contribution in [3.05, 3.63) is 35.4 Å². The first-order valence-corrected chi connectivity index (χ1v) is 10.8. The lowest BCUT2D eigenvalue weighted by molar-refractivity contribution is 0.0724. The number of carbonyl (C=O) groups is 1. The van der Waals surface area contributed by atoms with Crippen LogP contribution in [0.5, 0.6) is 0 Å². The second-order valence-electron chi connectivity index (χ2n) is 6.99. The van der Waals surface area contributed by atoms with Gasteiger partial charge in [-0.1, -0.05) is 12.1 Å². The van der Waals surface area contributed by atoms with Gasteiger partial charge >= 0.3 is 0 Å². The Morgan fingerprint density at radius 1 is 1.15 bits per heavy atom. The molecule has 1 unspecified atom stereocenters. The Balaban J connectivity index is 1.46. The van der Waals surface area contributed by atoms with Crippen molar-refractivity contribution >= 4 is 23.6 Å². The van der Waals surface area contributed by atoms with Gasteiger partial charge in [-0.2, -0.15) is 11.8 Å². The first-order valence-electron chi connectivity index (χ1n) is 9.70. The fourth-order valence-electron chi connectivity index (χ4n) is 3.47. The van der Waals surface area contributed by atoms with Crippen LogP contribution in [-0.4, -0.2) is 54.5 Å². The molecule has 5 nitrogen and oxygen atoms in total. The van der Waals surface area contributed by atoms with Crippen molar-refractivity contribution in [3.63, 3.8) is 0 Å². The van der Waals surface area contributed by atoms with E-state index in [0.717, 1.165) is 49.6 Å². The van der Waals surface area contributed by atoms with Crippen LogP contribution in [0.2, 0.25) is 0 Å². The van der Waals surface area contributed by atoms with E-state index in [4.69, 9.17) is 0 Å². The van der Waals surface area contributed by atoms with Gasteiger partial charge in [-0.05, 0) is 55.6 Å². The molecule has 6 heteroatoms. The monoisotopic (exact) mass is 374 g/mol. The molecule has 1 amide bonds. The van der Waals surface area contributed by atoms with Crippen LogP contribution < -0.4 is 10.6 Å². The summed E-state index contributed by atoms with van der Waals surface area (Å²) in [6.45, 7) is 3.45. The first-order chi connectivity index (χ1) is 12.8. The van der Waals surface area contributed by atoms with Crippen molar-refractivity contribution in [2.45, 2.75) is 43.9 Å². The molecule has 142 valence electrons. The summed E-state index contributed by atoms with van der Waals surface area (Å²) in [5, 5.41) is 7.47. The second-order valence-corrected chi connectivity index (χ2v) is 8.40. The van der Waals surface area contributed by atoms with Gasteiger partial charge in [0.2, 0.25) is 0 Å². The molecular formula is C20H30N4OS. The Morgan fingerprint density at radius 2 is 1.92 bits per heavy atom. The molecule has 2 fully saturated rings. The molecule has 0 radical (unpaired) electrons. The Kier molecular flexibility index (Phi) is 7.23. The molecule has 2 heterocycles. The van der Waals surface area contributed by atoms with E-state index in [-0.39, 0.29) is 5.91 Å². The fourth-order valence-corrected chi connectivity index (χ4v) is 4.67. The zero-order chi connectivity index (χ0) is 18.2. The molecule has 1 aromatic rings. The second kappa shape index (κ2) is 9.86. The summed E-state index contributed by atoms with van der Waals surface area (Å²) in [4.78, 5) is 18.8. The van der Waals surface area contributed by atoms with E-state index in [9.17, 15) is 4.79 Å². The van der Waals surface area contributed by atoms with E-state index in [1.54, 1.807) is 7.05 Å². The van der Waals surface area contributed by atoms with Gasteiger partial charge in [0.05, 0.1) is 0 Å². The van der Waals surface area contributed by atoms with Gasteiger partial charge in [0.15, 0.2) is 5.96 Å². The van der Waals surface area contributed by atoms with Gasteiger partial charge in [-0.15, -0.1) is 0 Å². The minimum absolute atomic E-state index is 0.163. The SMILES string of the molecule is CN=C(NCc1ccc(C(=O)N2CCCCC2)cc1)NCC1CCCS1. The van der Waals surface area contributed by atoms with E-state index in [1.807, 2.05) is 40.9 Å². The molecule has 3 rings (SSSR count). The molecule has 2 N–H and O–H groups in total. The number of aliphatic imine (C=N–C) groups is 1. The summed E-state index contributed by atoms with van der Waals surface area (Å²) >= 11 is 2.04. The molecule has 1 atom stereocenters. The highest BCUT2D eigenvalue weighted by molar-refractivity contribution is 8.00. The minimum Gasteiger partial charge on any atom is -0.355 e. The van der Waals surface area contributed by atoms with E-state index in [1.165, 1.54) is 25.0 Å². The summed E-state index contributed by atoms with van der Waals surface area (Å²) < 4.78 is 0. The fraction of sp³-hybridized carbons (Fsp3) is 0.600. The number of piperidine rings is 1. The van der Waals surface area contributed by atoms with Crippen molar-refractivity contribution in [2.75, 3.05) is 32.4 Å². The summed E-state index contributed by atoms with van der Waals surface area (Å²) in [5.74, 6) is 2.28. The molecule has 0 aliphatic carbocycles.